The SMILES string of the molecule is COc1ccc(CC(/C=C/CBr)=C(\CBr)Cc2ccc(OC)cc2)cc1. The third-order valence-corrected chi connectivity index (χ3v) is 5.20. The summed E-state index contributed by atoms with van der Waals surface area (Å²) in [7, 11) is 3.38. The van der Waals surface area contributed by atoms with Crippen molar-refractivity contribution >= 4 is 31.9 Å². The van der Waals surface area contributed by atoms with E-state index in [2.05, 4.69) is 68.3 Å². The van der Waals surface area contributed by atoms with Gasteiger partial charge in [0, 0.05) is 10.7 Å². The van der Waals surface area contributed by atoms with Gasteiger partial charge in [-0.05, 0) is 53.8 Å². The molecule has 0 saturated carbocycles. The van der Waals surface area contributed by atoms with Crippen LogP contribution in [0.5, 0.6) is 11.5 Å². The minimum atomic E-state index is 0.844. The molecule has 0 bridgehead atoms. The minimum Gasteiger partial charge on any atom is -0.497 e. The number of methoxy groups -OCH3 is 2. The molecule has 0 saturated heterocycles. The number of hydrogen-bond acceptors (Lipinski definition) is 2. The summed E-state index contributed by atoms with van der Waals surface area (Å²) in [6.07, 6.45) is 6.17. The highest BCUT2D eigenvalue weighted by Gasteiger charge is 2.07. The Bertz CT molecular complexity index is 732. The van der Waals surface area contributed by atoms with E-state index < -0.39 is 0 Å². The van der Waals surface area contributed by atoms with E-state index in [1.165, 1.54) is 22.3 Å². The zero-order valence-electron chi connectivity index (χ0n) is 15.2. The number of halogens is 2. The van der Waals surface area contributed by atoms with Crippen LogP contribution >= 0.6 is 31.9 Å². The summed E-state index contributed by atoms with van der Waals surface area (Å²) in [5.74, 6) is 1.77. The molecular formula is C22H24Br2O2. The number of allylic oxidation sites excluding steroid dienone is 4. The Kier molecular flexibility index (Phi) is 8.99. The fourth-order valence-electron chi connectivity index (χ4n) is 2.69. The van der Waals surface area contributed by atoms with Gasteiger partial charge in [-0.25, -0.2) is 0 Å². The van der Waals surface area contributed by atoms with E-state index in [-0.39, 0.29) is 0 Å². The predicted molar refractivity (Wildman–Crippen MR) is 117 cm³/mol. The number of benzene rings is 2. The lowest BCUT2D eigenvalue weighted by molar-refractivity contribution is 0.414. The van der Waals surface area contributed by atoms with Gasteiger partial charge in [0.1, 0.15) is 11.5 Å². The van der Waals surface area contributed by atoms with Gasteiger partial charge in [-0.15, -0.1) is 0 Å². The Balaban J connectivity index is 2.26. The molecule has 0 N–H and O–H groups in total. The highest BCUT2D eigenvalue weighted by Crippen LogP contribution is 2.22. The Morgan fingerprint density at radius 2 is 1.31 bits per heavy atom. The summed E-state index contributed by atoms with van der Waals surface area (Å²) in [5, 5.41) is 1.69. The average molecular weight is 480 g/mol. The summed E-state index contributed by atoms with van der Waals surface area (Å²) in [4.78, 5) is 0. The highest BCUT2D eigenvalue weighted by molar-refractivity contribution is 9.09. The lowest BCUT2D eigenvalue weighted by atomic mass is 9.96. The van der Waals surface area contributed by atoms with Gasteiger partial charge in [-0.1, -0.05) is 73.9 Å². The minimum absolute atomic E-state index is 0.844. The normalized spacial score (nSPS) is 12.2. The van der Waals surface area contributed by atoms with E-state index >= 15 is 0 Å². The number of alkyl halides is 2. The van der Waals surface area contributed by atoms with Crippen molar-refractivity contribution in [2.24, 2.45) is 0 Å². The highest BCUT2D eigenvalue weighted by atomic mass is 79.9. The van der Waals surface area contributed by atoms with Gasteiger partial charge in [0.25, 0.3) is 0 Å². The third-order valence-electron chi connectivity index (χ3n) is 4.15. The first-order valence-electron chi connectivity index (χ1n) is 8.45. The number of rotatable bonds is 9. The molecule has 0 unspecified atom stereocenters. The van der Waals surface area contributed by atoms with Crippen molar-refractivity contribution in [3.8, 4) is 11.5 Å². The fraction of sp³-hybridized carbons (Fsp3) is 0.273. The lowest BCUT2D eigenvalue weighted by Crippen LogP contribution is -2.00. The first-order valence-corrected chi connectivity index (χ1v) is 10.7. The van der Waals surface area contributed by atoms with Crippen LogP contribution < -0.4 is 9.47 Å². The Hall–Kier alpha value is -1.52. The molecule has 0 aromatic heterocycles. The second kappa shape index (κ2) is 11.2. The lowest BCUT2D eigenvalue weighted by Gasteiger charge is -2.13. The third kappa shape index (κ3) is 6.33. The topological polar surface area (TPSA) is 18.5 Å². The molecule has 0 atom stereocenters. The van der Waals surface area contributed by atoms with Crippen LogP contribution in [0.25, 0.3) is 0 Å². The van der Waals surface area contributed by atoms with Gasteiger partial charge in [0.15, 0.2) is 0 Å². The van der Waals surface area contributed by atoms with Crippen molar-refractivity contribution in [3.05, 3.63) is 83.0 Å². The first-order chi connectivity index (χ1) is 12.7. The molecular weight excluding hydrogens is 456 g/mol. The Morgan fingerprint density at radius 1 is 0.808 bits per heavy atom. The van der Waals surface area contributed by atoms with Crippen molar-refractivity contribution in [1.82, 2.24) is 0 Å². The Morgan fingerprint density at radius 3 is 1.73 bits per heavy atom. The smallest absolute Gasteiger partial charge is 0.118 e. The van der Waals surface area contributed by atoms with Gasteiger partial charge in [0.05, 0.1) is 14.2 Å². The predicted octanol–water partition coefficient (Wildman–Crippen LogP) is 6.13. The standard InChI is InChI=1S/C22H24Br2O2/c1-25-21-9-5-17(6-10-21)14-19(4-3-13-23)20(16-24)15-18-7-11-22(26-2)12-8-18/h3-12H,13-16H2,1-2H3/b4-3+,20-19-. The maximum atomic E-state index is 5.26. The van der Waals surface area contributed by atoms with E-state index in [1.54, 1.807) is 14.2 Å². The second-order valence-corrected chi connectivity index (χ2v) is 7.08. The molecule has 26 heavy (non-hydrogen) atoms. The van der Waals surface area contributed by atoms with Crippen molar-refractivity contribution in [1.29, 1.82) is 0 Å². The zero-order chi connectivity index (χ0) is 18.8. The molecule has 0 aliphatic carbocycles. The summed E-state index contributed by atoms with van der Waals surface area (Å²) in [6.45, 7) is 0. The van der Waals surface area contributed by atoms with Crippen molar-refractivity contribution < 1.29 is 9.47 Å². The van der Waals surface area contributed by atoms with E-state index in [0.717, 1.165) is 35.0 Å². The van der Waals surface area contributed by atoms with Crippen LogP contribution in [0.2, 0.25) is 0 Å². The summed E-state index contributed by atoms with van der Waals surface area (Å²) < 4.78 is 10.5. The van der Waals surface area contributed by atoms with Gasteiger partial charge in [0.2, 0.25) is 0 Å². The van der Waals surface area contributed by atoms with Crippen LogP contribution in [-0.2, 0) is 12.8 Å². The monoisotopic (exact) mass is 478 g/mol. The summed E-state index contributed by atoms with van der Waals surface area (Å²) in [5.41, 5.74) is 5.26. The quantitative estimate of drug-likeness (QED) is 0.318. The molecule has 0 amide bonds. The molecule has 0 aliphatic rings. The molecule has 2 aromatic rings. The van der Waals surface area contributed by atoms with Crippen LogP contribution in [0, 0.1) is 0 Å². The van der Waals surface area contributed by atoms with E-state index in [4.69, 9.17) is 9.47 Å². The first kappa shape index (κ1) is 20.8. The molecule has 0 aliphatic heterocycles. The second-order valence-electron chi connectivity index (χ2n) is 5.87. The van der Waals surface area contributed by atoms with Crippen LogP contribution in [0.1, 0.15) is 11.1 Å². The average Bonchev–Trinajstić information content (AvgIpc) is 2.70. The zero-order valence-corrected chi connectivity index (χ0v) is 18.3. The molecule has 0 fully saturated rings. The number of hydrogen-bond donors (Lipinski definition) is 0. The van der Waals surface area contributed by atoms with Crippen LogP contribution in [0.4, 0.5) is 0 Å². The molecule has 138 valence electrons. The van der Waals surface area contributed by atoms with E-state index in [0.29, 0.717) is 0 Å². The van der Waals surface area contributed by atoms with Crippen LogP contribution in [0.3, 0.4) is 0 Å². The molecule has 2 aromatic carbocycles. The molecule has 2 rings (SSSR count). The van der Waals surface area contributed by atoms with Crippen molar-refractivity contribution in [2.45, 2.75) is 12.8 Å². The van der Waals surface area contributed by atoms with Gasteiger partial charge in [-0.2, -0.15) is 0 Å². The largest absolute Gasteiger partial charge is 0.497 e. The molecule has 0 radical (unpaired) electrons. The molecule has 0 spiro atoms. The molecule has 2 nitrogen and oxygen atoms in total. The van der Waals surface area contributed by atoms with Crippen LogP contribution in [0.15, 0.2) is 71.8 Å². The van der Waals surface area contributed by atoms with Gasteiger partial charge >= 0.3 is 0 Å². The Labute approximate surface area is 173 Å². The van der Waals surface area contributed by atoms with E-state index in [1.807, 2.05) is 24.3 Å². The van der Waals surface area contributed by atoms with Crippen molar-refractivity contribution in [2.75, 3.05) is 24.9 Å². The summed E-state index contributed by atoms with van der Waals surface area (Å²) >= 11 is 7.17. The fourth-order valence-corrected chi connectivity index (χ4v) is 3.43. The van der Waals surface area contributed by atoms with Gasteiger partial charge in [-0.3, -0.25) is 0 Å². The van der Waals surface area contributed by atoms with Crippen molar-refractivity contribution in [3.63, 3.8) is 0 Å². The van der Waals surface area contributed by atoms with Crippen LogP contribution in [-0.4, -0.2) is 24.9 Å². The van der Waals surface area contributed by atoms with Gasteiger partial charge < -0.3 is 9.47 Å². The molecule has 4 heteroatoms. The number of ether oxygens (including phenoxy) is 2. The maximum Gasteiger partial charge on any atom is 0.118 e. The van der Waals surface area contributed by atoms with E-state index in [9.17, 15) is 0 Å². The molecule has 0 heterocycles. The maximum absolute atomic E-state index is 5.26. The summed E-state index contributed by atoms with van der Waals surface area (Å²) in [6, 6.07) is 16.6.